The summed E-state index contributed by atoms with van der Waals surface area (Å²) in [5.41, 5.74) is 5.45. The average Bonchev–Trinajstić information content (AvgIpc) is 3.44. The average molecular weight is 399 g/mol. The van der Waals surface area contributed by atoms with Gasteiger partial charge in [-0.25, -0.2) is 4.68 Å². The lowest BCUT2D eigenvalue weighted by Crippen LogP contribution is -2.32. The van der Waals surface area contributed by atoms with Crippen molar-refractivity contribution < 1.29 is 4.74 Å². The van der Waals surface area contributed by atoms with Gasteiger partial charge in [-0.2, -0.15) is 10.1 Å². The molecule has 3 aromatic heterocycles. The van der Waals surface area contributed by atoms with Crippen molar-refractivity contribution in [3.63, 3.8) is 0 Å². The van der Waals surface area contributed by atoms with Crippen LogP contribution in [0.3, 0.4) is 0 Å². The van der Waals surface area contributed by atoms with Crippen molar-refractivity contribution in [2.75, 3.05) is 5.32 Å². The fourth-order valence-corrected chi connectivity index (χ4v) is 4.89. The van der Waals surface area contributed by atoms with Crippen LogP contribution in [0.25, 0.3) is 5.70 Å². The van der Waals surface area contributed by atoms with Crippen LogP contribution in [-0.4, -0.2) is 19.7 Å². The molecule has 0 bridgehead atoms. The molecule has 0 unspecified atom stereocenters. The zero-order valence-electron chi connectivity index (χ0n) is 15.6. The molecule has 2 aliphatic heterocycles. The van der Waals surface area contributed by atoms with Crippen LogP contribution < -0.4 is 10.1 Å². The number of pyridine rings is 1. The Morgan fingerprint density at radius 1 is 1.17 bits per heavy atom. The summed E-state index contributed by atoms with van der Waals surface area (Å²) in [5.74, 6) is 1.59. The number of nitrogens with zero attached hydrogens (tertiary/aromatic N) is 4. The molecule has 0 radical (unpaired) electrons. The number of ether oxygens (including phenoxy) is 1. The van der Waals surface area contributed by atoms with E-state index >= 15 is 0 Å². The van der Waals surface area contributed by atoms with Gasteiger partial charge in [0.1, 0.15) is 18.1 Å². The molecule has 142 valence electrons. The van der Waals surface area contributed by atoms with Crippen LogP contribution >= 0.6 is 11.3 Å². The molecule has 29 heavy (non-hydrogen) atoms. The summed E-state index contributed by atoms with van der Waals surface area (Å²) in [6, 6.07) is 14.4. The van der Waals surface area contributed by atoms with E-state index in [-0.39, 0.29) is 12.1 Å². The maximum absolute atomic E-state index is 6.57. The standard InChI is InChI=1S/C22H17N5OS/c1-13-6-7-16-15(10-13)19-18(21(28-16)17-5-3-9-29-17)20(14-4-2-8-23-11-14)27-22(26-19)24-12-25-27/h2-12,20-21H,1H3,(H,24,25,26)/t20-,21+/m0/s1. The van der Waals surface area contributed by atoms with Gasteiger partial charge in [0.05, 0.1) is 5.70 Å². The molecular weight excluding hydrogens is 382 g/mol. The van der Waals surface area contributed by atoms with Crippen molar-refractivity contribution in [2.45, 2.75) is 19.1 Å². The number of anilines is 1. The van der Waals surface area contributed by atoms with E-state index in [0.29, 0.717) is 0 Å². The van der Waals surface area contributed by atoms with Gasteiger partial charge < -0.3 is 10.1 Å². The molecule has 2 aliphatic rings. The molecule has 0 spiro atoms. The lowest BCUT2D eigenvalue weighted by Gasteiger charge is -2.38. The molecule has 5 heterocycles. The van der Waals surface area contributed by atoms with Gasteiger partial charge in [-0.05, 0) is 42.1 Å². The van der Waals surface area contributed by atoms with E-state index in [1.54, 1.807) is 23.9 Å². The highest BCUT2D eigenvalue weighted by Crippen LogP contribution is 2.51. The lowest BCUT2D eigenvalue weighted by atomic mass is 9.87. The van der Waals surface area contributed by atoms with E-state index in [1.165, 1.54) is 5.56 Å². The minimum absolute atomic E-state index is 0.154. The molecule has 4 aromatic rings. The van der Waals surface area contributed by atoms with Crippen LogP contribution in [0.5, 0.6) is 5.75 Å². The van der Waals surface area contributed by atoms with Crippen LogP contribution in [-0.2, 0) is 0 Å². The highest BCUT2D eigenvalue weighted by atomic mass is 32.1. The van der Waals surface area contributed by atoms with Gasteiger partial charge in [0.25, 0.3) is 0 Å². The molecule has 0 saturated heterocycles. The first-order valence-electron chi connectivity index (χ1n) is 9.41. The van der Waals surface area contributed by atoms with Crippen LogP contribution in [0.2, 0.25) is 0 Å². The Labute approximate surface area is 171 Å². The summed E-state index contributed by atoms with van der Waals surface area (Å²) in [7, 11) is 0. The molecule has 6 nitrogen and oxygen atoms in total. The second-order valence-electron chi connectivity index (χ2n) is 7.19. The Balaban J connectivity index is 1.66. The van der Waals surface area contributed by atoms with E-state index in [4.69, 9.17) is 4.74 Å². The van der Waals surface area contributed by atoms with Crippen LogP contribution in [0.4, 0.5) is 5.95 Å². The third-order valence-electron chi connectivity index (χ3n) is 5.37. The van der Waals surface area contributed by atoms with Crippen molar-refractivity contribution in [2.24, 2.45) is 0 Å². The maximum Gasteiger partial charge on any atom is 0.226 e. The Hall–Kier alpha value is -3.45. The Bertz CT molecular complexity index is 1230. The molecule has 1 aromatic carbocycles. The summed E-state index contributed by atoms with van der Waals surface area (Å²) in [6.07, 6.45) is 5.05. The second-order valence-corrected chi connectivity index (χ2v) is 8.16. The number of rotatable bonds is 2. The third kappa shape index (κ3) is 2.51. The van der Waals surface area contributed by atoms with E-state index < -0.39 is 0 Å². The topological polar surface area (TPSA) is 64.9 Å². The molecule has 1 N–H and O–H groups in total. The van der Waals surface area contributed by atoms with E-state index in [0.717, 1.165) is 39.0 Å². The van der Waals surface area contributed by atoms with Gasteiger partial charge in [0, 0.05) is 28.4 Å². The van der Waals surface area contributed by atoms with Gasteiger partial charge in [0.15, 0.2) is 6.10 Å². The predicted octanol–water partition coefficient (Wildman–Crippen LogP) is 4.60. The summed E-state index contributed by atoms with van der Waals surface area (Å²) < 4.78 is 8.49. The Morgan fingerprint density at radius 3 is 2.97 bits per heavy atom. The SMILES string of the molecule is Cc1ccc2c(c1)C1=C([C@H](c3cccnc3)n3ncnc3N1)[C@@H](c1cccs1)O2. The summed E-state index contributed by atoms with van der Waals surface area (Å²) in [4.78, 5) is 9.97. The number of hydrogen-bond donors (Lipinski definition) is 1. The zero-order valence-corrected chi connectivity index (χ0v) is 16.4. The van der Waals surface area contributed by atoms with Crippen LogP contribution in [0.15, 0.2) is 72.1 Å². The molecule has 0 amide bonds. The number of aromatic nitrogens is 4. The first-order chi connectivity index (χ1) is 14.3. The van der Waals surface area contributed by atoms with Crippen molar-refractivity contribution in [3.8, 4) is 5.75 Å². The van der Waals surface area contributed by atoms with Crippen LogP contribution in [0.1, 0.15) is 33.7 Å². The first-order valence-corrected chi connectivity index (χ1v) is 10.3. The van der Waals surface area contributed by atoms with Crippen molar-refractivity contribution in [1.82, 2.24) is 19.7 Å². The monoisotopic (exact) mass is 399 g/mol. The van der Waals surface area contributed by atoms with Crippen molar-refractivity contribution in [1.29, 1.82) is 0 Å². The number of thiophene rings is 1. The highest BCUT2D eigenvalue weighted by Gasteiger charge is 2.41. The predicted molar refractivity (Wildman–Crippen MR) is 112 cm³/mol. The van der Waals surface area contributed by atoms with E-state index in [2.05, 4.69) is 69.1 Å². The molecule has 0 saturated carbocycles. The van der Waals surface area contributed by atoms with Gasteiger partial charge in [-0.15, -0.1) is 11.3 Å². The largest absolute Gasteiger partial charge is 0.480 e. The van der Waals surface area contributed by atoms with Gasteiger partial charge in [-0.1, -0.05) is 23.8 Å². The fourth-order valence-electron chi connectivity index (χ4n) is 4.12. The van der Waals surface area contributed by atoms with Crippen LogP contribution in [0, 0.1) is 6.92 Å². The van der Waals surface area contributed by atoms with Gasteiger partial charge >= 0.3 is 0 Å². The summed E-state index contributed by atoms with van der Waals surface area (Å²) in [5, 5.41) is 10.1. The molecule has 0 aliphatic carbocycles. The zero-order chi connectivity index (χ0) is 19.4. The normalized spacial score (nSPS) is 19.6. The molecule has 6 rings (SSSR count). The molecule has 2 atom stereocenters. The molecular formula is C22H17N5OS. The van der Waals surface area contributed by atoms with Gasteiger partial charge in [-0.3, -0.25) is 4.98 Å². The Kier molecular flexibility index (Phi) is 3.57. The van der Waals surface area contributed by atoms with E-state index in [1.807, 2.05) is 16.9 Å². The summed E-state index contributed by atoms with van der Waals surface area (Å²) >= 11 is 1.70. The van der Waals surface area contributed by atoms with Crippen molar-refractivity contribution in [3.05, 3.63) is 93.7 Å². The number of aryl methyl sites for hydroxylation is 1. The maximum atomic E-state index is 6.57. The third-order valence-corrected chi connectivity index (χ3v) is 6.29. The number of benzene rings is 1. The van der Waals surface area contributed by atoms with Crippen molar-refractivity contribution >= 4 is 23.0 Å². The second kappa shape index (κ2) is 6.28. The Morgan fingerprint density at radius 2 is 2.14 bits per heavy atom. The first kappa shape index (κ1) is 16.5. The number of nitrogens with one attached hydrogen (secondary N) is 1. The minimum atomic E-state index is -0.213. The highest BCUT2D eigenvalue weighted by molar-refractivity contribution is 7.10. The lowest BCUT2D eigenvalue weighted by molar-refractivity contribution is 0.226. The number of hydrogen-bond acceptors (Lipinski definition) is 6. The van der Waals surface area contributed by atoms with E-state index in [9.17, 15) is 0 Å². The number of fused-ring (bicyclic) bond motifs is 3. The fraction of sp³-hybridized carbons (Fsp3) is 0.136. The quantitative estimate of drug-likeness (QED) is 0.534. The van der Waals surface area contributed by atoms with Gasteiger partial charge in [0.2, 0.25) is 5.95 Å². The molecule has 7 heteroatoms. The summed E-state index contributed by atoms with van der Waals surface area (Å²) in [6.45, 7) is 2.09. The smallest absolute Gasteiger partial charge is 0.226 e. The molecule has 0 fully saturated rings. The minimum Gasteiger partial charge on any atom is -0.480 e.